The Morgan fingerprint density at radius 3 is 1.53 bits per heavy atom. The Morgan fingerprint density at radius 1 is 0.947 bits per heavy atom. The molecule has 0 unspecified atom stereocenters. The Kier molecular flexibility index (Phi) is 19.1. The van der Waals surface area contributed by atoms with Gasteiger partial charge in [0, 0.05) is 0 Å². The molecule has 0 aromatic rings. The fourth-order valence-corrected chi connectivity index (χ4v) is 1.99. The van der Waals surface area contributed by atoms with Crippen LogP contribution in [0.3, 0.4) is 0 Å². The van der Waals surface area contributed by atoms with Gasteiger partial charge >= 0.3 is 44.1 Å². The van der Waals surface area contributed by atoms with Crippen molar-refractivity contribution in [2.75, 3.05) is 0 Å². The summed E-state index contributed by atoms with van der Waals surface area (Å²) in [7, 11) is 0. The standard InChI is InChI=1S/C7H13.C6H11.C3H7N.CH3.Nb/c1-7-5-3-2-4-6-7;1-2-4-6-5-3-1;1-3(2)4;;/h2,7H,3-6H2,1H3;1H,2-6H2;3H,1-2H3;1H3;/q2*-1;;-1;. The molecule has 2 rings (SSSR count). The van der Waals surface area contributed by atoms with E-state index in [-0.39, 0.29) is 7.43 Å². The third-order valence-electron chi connectivity index (χ3n) is 3.27. The van der Waals surface area contributed by atoms with E-state index >= 15 is 0 Å². The average molecular weight is 345 g/mol. The quantitative estimate of drug-likeness (QED) is 0.400. The van der Waals surface area contributed by atoms with Crippen molar-refractivity contribution in [2.45, 2.75) is 84.6 Å². The zero-order chi connectivity index (χ0) is 13.6. The maximum absolute atomic E-state index is 3.94. The molecule has 2 saturated carbocycles. The van der Waals surface area contributed by atoms with Crippen LogP contribution < -0.4 is 0 Å². The molecule has 0 aromatic carbocycles. The van der Waals surface area contributed by atoms with E-state index < -0.39 is 0 Å². The Morgan fingerprint density at radius 2 is 1.37 bits per heavy atom. The SMILES string of the molecule is CC(C)[N]=[Nb].CC1CC[CH-]CC1.[CH-]1CCCCC1.[CH3-]. The Labute approximate surface area is 135 Å². The van der Waals surface area contributed by atoms with Gasteiger partial charge in [0.05, 0.1) is 0 Å². The van der Waals surface area contributed by atoms with Gasteiger partial charge in [0.1, 0.15) is 0 Å². The van der Waals surface area contributed by atoms with Gasteiger partial charge in [-0.15, -0.1) is 0 Å². The maximum Gasteiger partial charge on any atom is -0.0491 e. The van der Waals surface area contributed by atoms with Crippen LogP contribution in [-0.4, -0.2) is 6.04 Å². The summed E-state index contributed by atoms with van der Waals surface area (Å²) >= 11 is 1.53. The molecule has 0 radical (unpaired) electrons. The smallest absolute Gasteiger partial charge is 0.0491 e. The van der Waals surface area contributed by atoms with Gasteiger partial charge in [-0.3, -0.25) is 0 Å². The first kappa shape index (κ1) is 21.8. The van der Waals surface area contributed by atoms with E-state index in [1.807, 2.05) is 0 Å². The first-order valence-corrected chi connectivity index (χ1v) is 8.62. The van der Waals surface area contributed by atoms with Crippen molar-refractivity contribution in [2.24, 2.45) is 9.26 Å². The third kappa shape index (κ3) is 18.5. The molecular weight excluding hydrogens is 311 g/mol. The average Bonchev–Trinajstić information content (AvgIpc) is 2.43. The largest absolute Gasteiger partial charge is 0.358 e. The van der Waals surface area contributed by atoms with Crippen LogP contribution in [0, 0.1) is 26.2 Å². The van der Waals surface area contributed by atoms with E-state index in [4.69, 9.17) is 0 Å². The maximum atomic E-state index is 3.94. The topological polar surface area (TPSA) is 12.4 Å². The summed E-state index contributed by atoms with van der Waals surface area (Å²) in [6.45, 7) is 6.48. The fourth-order valence-electron chi connectivity index (χ4n) is 1.99. The molecule has 0 saturated heterocycles. The van der Waals surface area contributed by atoms with Crippen LogP contribution in [0.2, 0.25) is 0 Å². The molecule has 0 aliphatic heterocycles. The van der Waals surface area contributed by atoms with Gasteiger partial charge in [-0.2, -0.15) is 25.7 Å². The first-order chi connectivity index (χ1) is 8.66. The van der Waals surface area contributed by atoms with Crippen molar-refractivity contribution in [3.8, 4) is 0 Å². The van der Waals surface area contributed by atoms with E-state index in [0.717, 1.165) is 5.92 Å². The van der Waals surface area contributed by atoms with Gasteiger partial charge in [-0.1, -0.05) is 39.0 Å². The van der Waals surface area contributed by atoms with Gasteiger partial charge in [0.15, 0.2) is 0 Å². The first-order valence-electron chi connectivity index (χ1n) is 7.64. The van der Waals surface area contributed by atoms with Crippen LogP contribution in [0.4, 0.5) is 0 Å². The molecule has 115 valence electrons. The molecule has 0 N–H and O–H groups in total. The van der Waals surface area contributed by atoms with Gasteiger partial charge in [0.2, 0.25) is 0 Å². The van der Waals surface area contributed by atoms with Crippen LogP contribution >= 0.6 is 0 Å². The van der Waals surface area contributed by atoms with Crippen LogP contribution in [0.1, 0.15) is 78.6 Å². The minimum Gasteiger partial charge on any atom is -0.358 e. The van der Waals surface area contributed by atoms with Crippen LogP contribution in [0.5, 0.6) is 0 Å². The van der Waals surface area contributed by atoms with Crippen molar-refractivity contribution < 1.29 is 20.9 Å². The van der Waals surface area contributed by atoms with Crippen molar-refractivity contribution in [1.82, 2.24) is 0 Å². The monoisotopic (exact) mass is 345 g/mol. The molecule has 0 aromatic heterocycles. The Bertz CT molecular complexity index is 159. The van der Waals surface area contributed by atoms with Crippen molar-refractivity contribution in [3.63, 3.8) is 0 Å². The van der Waals surface area contributed by atoms with Gasteiger partial charge in [-0.05, 0) is 5.92 Å². The number of hydrogen-bond acceptors (Lipinski definition) is 1. The molecule has 0 heterocycles. The molecule has 19 heavy (non-hydrogen) atoms. The van der Waals surface area contributed by atoms with Gasteiger partial charge < -0.3 is 20.3 Å². The third-order valence-corrected chi connectivity index (χ3v) is 4.41. The number of rotatable bonds is 1. The van der Waals surface area contributed by atoms with E-state index in [1.165, 1.54) is 78.7 Å². The van der Waals surface area contributed by atoms with E-state index in [9.17, 15) is 0 Å². The Balaban J connectivity index is 0. The molecule has 2 fully saturated rings. The second kappa shape index (κ2) is 16.6. The Hall–Kier alpha value is 0.540. The normalized spacial score (nSPS) is 19.1. The second-order valence-corrected chi connectivity index (χ2v) is 6.25. The summed E-state index contributed by atoms with van der Waals surface area (Å²) < 4.78 is 3.94. The minimum absolute atomic E-state index is 0. The van der Waals surface area contributed by atoms with E-state index in [2.05, 4.69) is 37.0 Å². The number of nitrogens with zero attached hydrogens (tertiary/aromatic N) is 1. The van der Waals surface area contributed by atoms with E-state index in [1.54, 1.807) is 0 Å². The molecule has 0 spiro atoms. The zero-order valence-electron chi connectivity index (χ0n) is 13.6. The molecule has 2 aliphatic carbocycles. The molecule has 1 nitrogen and oxygen atoms in total. The van der Waals surface area contributed by atoms with Crippen molar-refractivity contribution >= 4 is 0 Å². The predicted molar refractivity (Wildman–Crippen MR) is 83.3 cm³/mol. The van der Waals surface area contributed by atoms with Gasteiger partial charge in [-0.25, -0.2) is 0 Å². The molecular formula is C17H34NNb-3. The minimum atomic E-state index is 0. The fraction of sp³-hybridized carbons (Fsp3) is 0.824. The molecule has 0 amide bonds. The molecule has 2 heteroatoms. The van der Waals surface area contributed by atoms with Crippen molar-refractivity contribution in [3.05, 3.63) is 20.3 Å². The predicted octanol–water partition coefficient (Wildman–Crippen LogP) is 6.13. The summed E-state index contributed by atoms with van der Waals surface area (Å²) in [6, 6.07) is 0.531. The summed E-state index contributed by atoms with van der Waals surface area (Å²) in [5, 5.41) is 0. The molecule has 2 aliphatic rings. The van der Waals surface area contributed by atoms with E-state index in [0.29, 0.717) is 6.04 Å². The summed E-state index contributed by atoms with van der Waals surface area (Å²) in [5.74, 6) is 1.00. The van der Waals surface area contributed by atoms with Crippen molar-refractivity contribution in [1.29, 1.82) is 0 Å². The molecule has 0 atom stereocenters. The zero-order valence-corrected chi connectivity index (χ0v) is 15.8. The molecule has 0 bridgehead atoms. The van der Waals surface area contributed by atoms with Gasteiger partial charge in [0.25, 0.3) is 0 Å². The second-order valence-electron chi connectivity index (χ2n) is 5.68. The summed E-state index contributed by atoms with van der Waals surface area (Å²) in [6.07, 6.45) is 17.5. The van der Waals surface area contributed by atoms with Crippen LogP contribution in [-0.2, 0) is 20.9 Å². The van der Waals surface area contributed by atoms with Crippen LogP contribution in [0.25, 0.3) is 0 Å². The summed E-state index contributed by atoms with van der Waals surface area (Å²) in [5.41, 5.74) is 0. The summed E-state index contributed by atoms with van der Waals surface area (Å²) in [4.78, 5) is 0. The number of hydrogen-bond donors (Lipinski definition) is 0. The van der Waals surface area contributed by atoms with Crippen LogP contribution in [0.15, 0.2) is 3.34 Å².